The van der Waals surface area contributed by atoms with Crippen molar-refractivity contribution >= 4 is 34.7 Å². The first-order valence-corrected chi connectivity index (χ1v) is 11.0. The number of carbonyl (C=O) groups excluding carboxylic acids is 1. The molecule has 1 atom stereocenters. The van der Waals surface area contributed by atoms with E-state index in [9.17, 15) is 14.3 Å². The maximum Gasteiger partial charge on any atom is 0.229 e. The van der Waals surface area contributed by atoms with E-state index < -0.39 is 18.0 Å². The van der Waals surface area contributed by atoms with Gasteiger partial charge in [-0.25, -0.2) is 9.37 Å². The fourth-order valence-electron chi connectivity index (χ4n) is 3.08. The maximum atomic E-state index is 14.4. The van der Waals surface area contributed by atoms with Crippen LogP contribution in [0.3, 0.4) is 0 Å². The third kappa shape index (κ3) is 8.72. The number of nitrogens with one attached hydrogen (secondary N) is 3. The van der Waals surface area contributed by atoms with Crippen LogP contribution < -0.4 is 26.4 Å². The molecule has 6 N–H and O–H groups in total. The fraction of sp³-hybridized carbons (Fsp3) is 0.292. The lowest BCUT2D eigenvalue weighted by Crippen LogP contribution is -2.19. The van der Waals surface area contributed by atoms with Crippen LogP contribution >= 0.6 is 0 Å². The van der Waals surface area contributed by atoms with Crippen LogP contribution in [0.4, 0.5) is 33.2 Å². The number of rotatable bonds is 14. The van der Waals surface area contributed by atoms with Gasteiger partial charge >= 0.3 is 0 Å². The van der Waals surface area contributed by atoms with E-state index in [0.717, 1.165) is 6.20 Å². The third-order valence-corrected chi connectivity index (χ3v) is 4.77. The van der Waals surface area contributed by atoms with Crippen molar-refractivity contribution in [2.45, 2.75) is 25.5 Å². The zero-order chi connectivity index (χ0) is 25.0. The smallest absolute Gasteiger partial charge is 0.229 e. The van der Waals surface area contributed by atoms with E-state index in [1.54, 1.807) is 55.6 Å². The van der Waals surface area contributed by atoms with E-state index in [4.69, 9.17) is 15.2 Å². The van der Waals surface area contributed by atoms with Crippen molar-refractivity contribution in [3.63, 3.8) is 0 Å². The number of amides is 1. The number of primary amides is 1. The summed E-state index contributed by atoms with van der Waals surface area (Å²) >= 11 is 0. The predicted octanol–water partition coefficient (Wildman–Crippen LogP) is 3.51. The number of anilines is 5. The number of methoxy groups -OCH3 is 1. The molecule has 186 valence electrons. The molecule has 1 heterocycles. The summed E-state index contributed by atoms with van der Waals surface area (Å²) in [6, 6.07) is 14.1. The number of carbonyl (C=O) groups is 1. The standard InChI is InChI=1S/C24H29FN6O4/c1-34-12-13-35-19-10-8-16(9-11-19)30-24-27-15-20(25)23(31-24)29-18-5-2-4-17(14-18)28-22(33)7-3-6-21(26)32/h2,4-5,8-11,14-15,22,28,33H,3,6-7,12-13H2,1H3,(H2,26,32)(H2,27,29,30,31). The fourth-order valence-corrected chi connectivity index (χ4v) is 3.08. The number of nitrogens with two attached hydrogens (primary N) is 1. The second kappa shape index (κ2) is 13.1. The first-order chi connectivity index (χ1) is 16.9. The molecule has 10 nitrogen and oxygen atoms in total. The van der Waals surface area contributed by atoms with Gasteiger partial charge in [0.25, 0.3) is 0 Å². The SMILES string of the molecule is COCCOc1ccc(Nc2ncc(F)c(Nc3cccc(NC(O)CCCC(N)=O)c3)n2)cc1. The summed E-state index contributed by atoms with van der Waals surface area (Å²) in [5.74, 6) is -0.140. The molecule has 0 aliphatic heterocycles. The number of halogens is 1. The molecule has 0 saturated carbocycles. The van der Waals surface area contributed by atoms with Crippen LogP contribution in [0.1, 0.15) is 19.3 Å². The van der Waals surface area contributed by atoms with Crippen molar-refractivity contribution in [1.82, 2.24) is 9.97 Å². The van der Waals surface area contributed by atoms with Gasteiger partial charge in [0.05, 0.1) is 12.8 Å². The molecular formula is C24H29FN6O4. The van der Waals surface area contributed by atoms with Gasteiger partial charge < -0.3 is 36.3 Å². The summed E-state index contributed by atoms with van der Waals surface area (Å²) < 4.78 is 24.9. The van der Waals surface area contributed by atoms with Crippen LogP contribution in [-0.4, -0.2) is 47.5 Å². The zero-order valence-corrected chi connectivity index (χ0v) is 19.3. The molecule has 35 heavy (non-hydrogen) atoms. The summed E-state index contributed by atoms with van der Waals surface area (Å²) in [6.45, 7) is 0.945. The molecule has 0 aliphatic rings. The normalized spacial score (nSPS) is 11.5. The lowest BCUT2D eigenvalue weighted by molar-refractivity contribution is -0.118. The number of ether oxygens (including phenoxy) is 2. The Hall–Kier alpha value is -3.96. The number of nitrogens with zero attached hydrogens (tertiary/aromatic N) is 2. The molecule has 0 aliphatic carbocycles. The van der Waals surface area contributed by atoms with Gasteiger partial charge in [0, 0.05) is 30.6 Å². The number of aromatic nitrogens is 2. The van der Waals surface area contributed by atoms with Gasteiger partial charge in [-0.05, 0) is 55.3 Å². The number of hydrogen-bond acceptors (Lipinski definition) is 9. The first-order valence-electron chi connectivity index (χ1n) is 11.0. The molecule has 3 aromatic rings. The summed E-state index contributed by atoms with van der Waals surface area (Å²) in [4.78, 5) is 19.0. The molecule has 0 saturated heterocycles. The topological polar surface area (TPSA) is 144 Å². The van der Waals surface area contributed by atoms with Gasteiger partial charge in [0.2, 0.25) is 11.9 Å². The minimum Gasteiger partial charge on any atom is -0.491 e. The monoisotopic (exact) mass is 484 g/mol. The van der Waals surface area contributed by atoms with Crippen LogP contribution in [0.25, 0.3) is 0 Å². The molecule has 1 aromatic heterocycles. The van der Waals surface area contributed by atoms with Gasteiger partial charge in [-0.3, -0.25) is 4.79 Å². The average molecular weight is 485 g/mol. The van der Waals surface area contributed by atoms with Gasteiger partial charge in [-0.1, -0.05) is 6.07 Å². The van der Waals surface area contributed by atoms with Crippen molar-refractivity contribution in [2.24, 2.45) is 5.73 Å². The van der Waals surface area contributed by atoms with Crippen LogP contribution in [0, 0.1) is 5.82 Å². The third-order valence-electron chi connectivity index (χ3n) is 4.77. The van der Waals surface area contributed by atoms with E-state index in [2.05, 4.69) is 25.9 Å². The van der Waals surface area contributed by atoms with Crippen molar-refractivity contribution in [2.75, 3.05) is 36.3 Å². The van der Waals surface area contributed by atoms with Gasteiger partial charge in [-0.2, -0.15) is 4.98 Å². The molecule has 0 bridgehead atoms. The predicted molar refractivity (Wildman–Crippen MR) is 131 cm³/mol. The Morgan fingerprint density at radius 2 is 1.89 bits per heavy atom. The van der Waals surface area contributed by atoms with E-state index in [-0.39, 0.29) is 18.2 Å². The van der Waals surface area contributed by atoms with E-state index in [0.29, 0.717) is 48.9 Å². The second-order valence-electron chi connectivity index (χ2n) is 7.61. The highest BCUT2D eigenvalue weighted by Crippen LogP contribution is 2.24. The zero-order valence-electron chi connectivity index (χ0n) is 19.3. The van der Waals surface area contributed by atoms with E-state index in [1.165, 1.54) is 0 Å². The minimum atomic E-state index is -0.854. The lowest BCUT2D eigenvalue weighted by Gasteiger charge is -2.15. The molecule has 1 amide bonds. The molecule has 2 aromatic carbocycles. The minimum absolute atomic E-state index is 0.0128. The summed E-state index contributed by atoms with van der Waals surface area (Å²) in [5, 5.41) is 19.0. The Labute approximate surface area is 202 Å². The highest BCUT2D eigenvalue weighted by molar-refractivity contribution is 5.73. The molecular weight excluding hydrogens is 455 g/mol. The van der Waals surface area contributed by atoms with Crippen LogP contribution in [0.5, 0.6) is 5.75 Å². The van der Waals surface area contributed by atoms with Gasteiger partial charge in [0.15, 0.2) is 11.6 Å². The van der Waals surface area contributed by atoms with Gasteiger partial charge in [-0.15, -0.1) is 0 Å². The Balaban J connectivity index is 1.61. The van der Waals surface area contributed by atoms with E-state index >= 15 is 0 Å². The molecule has 0 fully saturated rings. The quantitative estimate of drug-likeness (QED) is 0.171. The highest BCUT2D eigenvalue weighted by Gasteiger charge is 2.10. The van der Waals surface area contributed by atoms with Gasteiger partial charge in [0.1, 0.15) is 18.6 Å². The van der Waals surface area contributed by atoms with E-state index in [1.807, 2.05) is 0 Å². The summed E-state index contributed by atoms with van der Waals surface area (Å²) in [7, 11) is 1.61. The summed E-state index contributed by atoms with van der Waals surface area (Å²) in [5.41, 5.74) is 6.99. The number of aliphatic hydroxyl groups excluding tert-OH is 1. The summed E-state index contributed by atoms with van der Waals surface area (Å²) in [6.07, 6.45) is 1.25. The lowest BCUT2D eigenvalue weighted by atomic mass is 10.2. The molecule has 1 unspecified atom stereocenters. The van der Waals surface area contributed by atoms with Crippen LogP contribution in [0.15, 0.2) is 54.7 Å². The molecule has 0 spiro atoms. The Kier molecular flexibility index (Phi) is 9.58. The molecule has 11 heteroatoms. The maximum absolute atomic E-state index is 14.4. The Morgan fingerprint density at radius 1 is 1.11 bits per heavy atom. The van der Waals surface area contributed by atoms with Crippen LogP contribution in [0.2, 0.25) is 0 Å². The number of aliphatic hydroxyl groups is 1. The molecule has 0 radical (unpaired) electrons. The number of hydrogen-bond donors (Lipinski definition) is 5. The second-order valence-corrected chi connectivity index (χ2v) is 7.61. The van der Waals surface area contributed by atoms with Crippen molar-refractivity contribution in [3.8, 4) is 5.75 Å². The largest absolute Gasteiger partial charge is 0.491 e. The highest BCUT2D eigenvalue weighted by atomic mass is 19.1. The number of benzene rings is 2. The van der Waals surface area contributed by atoms with Crippen LogP contribution in [-0.2, 0) is 9.53 Å². The van der Waals surface area contributed by atoms with Crippen molar-refractivity contribution in [1.29, 1.82) is 0 Å². The first kappa shape index (κ1) is 25.7. The Morgan fingerprint density at radius 3 is 2.63 bits per heavy atom. The average Bonchev–Trinajstić information content (AvgIpc) is 2.82. The van der Waals surface area contributed by atoms with Crippen molar-refractivity contribution < 1.29 is 23.8 Å². The van der Waals surface area contributed by atoms with Crippen molar-refractivity contribution in [3.05, 3.63) is 60.5 Å². The molecule has 3 rings (SSSR count). The Bertz CT molecular complexity index is 1100.